The van der Waals surface area contributed by atoms with Crippen LogP contribution in [0.2, 0.25) is 0 Å². The molecule has 0 saturated heterocycles. The number of nitrogens with zero attached hydrogens (tertiary/aromatic N) is 1. The van der Waals surface area contributed by atoms with Crippen LogP contribution in [0.5, 0.6) is 5.75 Å². The summed E-state index contributed by atoms with van der Waals surface area (Å²) in [5.41, 5.74) is 2.52. The molecule has 2 aromatic carbocycles. The molecule has 0 amide bonds. The number of quaternary nitrogens is 1. The highest BCUT2D eigenvalue weighted by molar-refractivity contribution is 5.69. The second-order valence-corrected chi connectivity index (χ2v) is 10.5. The van der Waals surface area contributed by atoms with Crippen LogP contribution in [-0.4, -0.2) is 43.8 Å². The second kappa shape index (κ2) is 16.4. The molecule has 2 rings (SSSR count). The number of benzene rings is 2. The van der Waals surface area contributed by atoms with E-state index >= 15 is 0 Å². The number of carbonyl (C=O) groups excluding carboxylic acids is 1. The van der Waals surface area contributed by atoms with Crippen LogP contribution in [0.15, 0.2) is 54.6 Å². The smallest absolute Gasteiger partial charge is 0.311 e. The SMILES string of the molecule is CCCCCCCCCCc1ccccc1OC(C)COC(=O)CC[N+](C)(C)Cc1ccccc1. The van der Waals surface area contributed by atoms with Gasteiger partial charge in [0, 0.05) is 5.56 Å². The fraction of sp³-hybridized carbons (Fsp3) is 0.581. The molecule has 1 atom stereocenters. The monoisotopic (exact) mass is 482 g/mol. The van der Waals surface area contributed by atoms with Crippen molar-refractivity contribution >= 4 is 5.97 Å². The van der Waals surface area contributed by atoms with Crippen molar-refractivity contribution in [3.63, 3.8) is 0 Å². The topological polar surface area (TPSA) is 35.5 Å². The summed E-state index contributed by atoms with van der Waals surface area (Å²) in [5, 5.41) is 0. The molecule has 0 fully saturated rings. The van der Waals surface area contributed by atoms with Gasteiger partial charge in [-0.15, -0.1) is 0 Å². The van der Waals surface area contributed by atoms with Crippen molar-refractivity contribution in [1.82, 2.24) is 0 Å². The highest BCUT2D eigenvalue weighted by atomic mass is 16.6. The van der Waals surface area contributed by atoms with Gasteiger partial charge >= 0.3 is 5.97 Å². The lowest BCUT2D eigenvalue weighted by molar-refractivity contribution is -0.903. The highest BCUT2D eigenvalue weighted by Crippen LogP contribution is 2.22. The maximum absolute atomic E-state index is 12.4. The Balaban J connectivity index is 1.67. The lowest BCUT2D eigenvalue weighted by Crippen LogP contribution is -2.40. The molecule has 0 radical (unpaired) electrons. The summed E-state index contributed by atoms with van der Waals surface area (Å²) >= 11 is 0. The van der Waals surface area contributed by atoms with E-state index < -0.39 is 0 Å². The average Bonchev–Trinajstić information content (AvgIpc) is 2.84. The quantitative estimate of drug-likeness (QED) is 0.127. The molecule has 35 heavy (non-hydrogen) atoms. The zero-order valence-corrected chi connectivity index (χ0v) is 22.6. The van der Waals surface area contributed by atoms with E-state index in [9.17, 15) is 4.79 Å². The third kappa shape index (κ3) is 12.8. The van der Waals surface area contributed by atoms with Gasteiger partial charge in [-0.25, -0.2) is 0 Å². The third-order valence-electron chi connectivity index (χ3n) is 6.45. The molecule has 0 saturated carbocycles. The van der Waals surface area contributed by atoms with Gasteiger partial charge < -0.3 is 14.0 Å². The van der Waals surface area contributed by atoms with Gasteiger partial charge in [0.05, 0.1) is 27.1 Å². The van der Waals surface area contributed by atoms with Crippen molar-refractivity contribution in [2.45, 2.75) is 90.7 Å². The molecule has 0 spiro atoms. The maximum atomic E-state index is 12.4. The number of hydrogen-bond donors (Lipinski definition) is 0. The fourth-order valence-corrected chi connectivity index (χ4v) is 4.36. The molecule has 0 aliphatic rings. The number of ether oxygens (including phenoxy) is 2. The van der Waals surface area contributed by atoms with Crippen LogP contribution in [0.1, 0.15) is 82.8 Å². The molecule has 0 aliphatic carbocycles. The van der Waals surface area contributed by atoms with Gasteiger partial charge in [-0.2, -0.15) is 0 Å². The summed E-state index contributed by atoms with van der Waals surface area (Å²) in [5.74, 6) is 0.756. The summed E-state index contributed by atoms with van der Waals surface area (Å²) in [6, 6.07) is 18.7. The minimum Gasteiger partial charge on any atom is -0.487 e. The minimum atomic E-state index is -0.175. The molecule has 0 aromatic heterocycles. The summed E-state index contributed by atoms with van der Waals surface area (Å²) in [6.45, 7) is 6.14. The number of rotatable bonds is 18. The Hall–Kier alpha value is -2.33. The summed E-state index contributed by atoms with van der Waals surface area (Å²) in [4.78, 5) is 12.4. The van der Waals surface area contributed by atoms with E-state index in [2.05, 4.69) is 57.4 Å². The van der Waals surface area contributed by atoms with E-state index in [1.807, 2.05) is 25.1 Å². The summed E-state index contributed by atoms with van der Waals surface area (Å²) in [6.07, 6.45) is 11.8. The van der Waals surface area contributed by atoms with E-state index in [4.69, 9.17) is 9.47 Å². The predicted octanol–water partition coefficient (Wildman–Crippen LogP) is 7.35. The number of hydrogen-bond acceptors (Lipinski definition) is 3. The first-order valence-electron chi connectivity index (χ1n) is 13.7. The summed E-state index contributed by atoms with van der Waals surface area (Å²) in [7, 11) is 4.30. The van der Waals surface area contributed by atoms with Crippen molar-refractivity contribution in [2.24, 2.45) is 0 Å². The maximum Gasteiger partial charge on any atom is 0.311 e. The fourth-order valence-electron chi connectivity index (χ4n) is 4.36. The van der Waals surface area contributed by atoms with Crippen LogP contribution >= 0.6 is 0 Å². The van der Waals surface area contributed by atoms with Crippen molar-refractivity contribution in [3.8, 4) is 5.75 Å². The molecule has 0 heterocycles. The third-order valence-corrected chi connectivity index (χ3v) is 6.45. The van der Waals surface area contributed by atoms with E-state index in [1.165, 1.54) is 62.5 Å². The number of esters is 1. The number of aryl methyl sites for hydroxylation is 1. The molecule has 0 aliphatic heterocycles. The van der Waals surface area contributed by atoms with Gasteiger partial charge in [0.15, 0.2) is 0 Å². The van der Waals surface area contributed by atoms with E-state index in [0.29, 0.717) is 6.42 Å². The Morgan fingerprint density at radius 3 is 2.20 bits per heavy atom. The van der Waals surface area contributed by atoms with Gasteiger partial charge in [-0.1, -0.05) is 100 Å². The van der Waals surface area contributed by atoms with Crippen molar-refractivity contribution < 1.29 is 18.8 Å². The standard InChI is InChI=1S/C31H48NO3/c1-5-6-7-8-9-10-11-15-20-29-21-16-17-22-30(29)35-27(2)26-34-31(33)23-24-32(3,4)25-28-18-13-12-14-19-28/h12-14,16-19,21-22,27H,5-11,15,20,23-26H2,1-4H3/q+1. The average molecular weight is 483 g/mol. The van der Waals surface area contributed by atoms with Gasteiger partial charge in [-0.05, 0) is 31.4 Å². The van der Waals surface area contributed by atoms with Crippen molar-refractivity contribution in [1.29, 1.82) is 0 Å². The zero-order chi connectivity index (χ0) is 25.4. The van der Waals surface area contributed by atoms with Crippen LogP contribution in [0.4, 0.5) is 0 Å². The van der Waals surface area contributed by atoms with Crippen molar-refractivity contribution in [3.05, 3.63) is 65.7 Å². The first-order chi connectivity index (χ1) is 16.9. The van der Waals surface area contributed by atoms with Crippen LogP contribution in [0.25, 0.3) is 0 Å². The molecular weight excluding hydrogens is 434 g/mol. The summed E-state index contributed by atoms with van der Waals surface area (Å²) < 4.78 is 12.4. The predicted molar refractivity (Wildman–Crippen MR) is 146 cm³/mol. The van der Waals surface area contributed by atoms with Gasteiger partial charge in [0.1, 0.15) is 25.0 Å². The first-order valence-corrected chi connectivity index (χ1v) is 13.7. The molecule has 0 N–H and O–H groups in total. The Kier molecular flexibility index (Phi) is 13.5. The second-order valence-electron chi connectivity index (χ2n) is 10.5. The Morgan fingerprint density at radius 1 is 0.857 bits per heavy atom. The Morgan fingerprint density at radius 2 is 1.49 bits per heavy atom. The number of unbranched alkanes of at least 4 members (excludes halogenated alkanes) is 7. The number of carbonyl (C=O) groups is 1. The normalized spacial score (nSPS) is 12.3. The van der Waals surface area contributed by atoms with E-state index in [0.717, 1.165) is 29.7 Å². The van der Waals surface area contributed by atoms with Gasteiger partial charge in [0.25, 0.3) is 0 Å². The lowest BCUT2D eigenvalue weighted by Gasteiger charge is -2.29. The largest absolute Gasteiger partial charge is 0.487 e. The van der Waals surface area contributed by atoms with Crippen LogP contribution < -0.4 is 4.74 Å². The molecule has 194 valence electrons. The van der Waals surface area contributed by atoms with Crippen LogP contribution in [0.3, 0.4) is 0 Å². The van der Waals surface area contributed by atoms with E-state index in [1.54, 1.807) is 0 Å². The Bertz CT molecular complexity index is 834. The molecule has 1 unspecified atom stereocenters. The van der Waals surface area contributed by atoms with Crippen LogP contribution in [0, 0.1) is 0 Å². The van der Waals surface area contributed by atoms with Gasteiger partial charge in [-0.3, -0.25) is 4.79 Å². The van der Waals surface area contributed by atoms with Gasteiger partial charge in [0.2, 0.25) is 0 Å². The molecular formula is C31H48NO3+. The molecule has 4 nitrogen and oxygen atoms in total. The highest BCUT2D eigenvalue weighted by Gasteiger charge is 2.19. The van der Waals surface area contributed by atoms with Crippen LogP contribution in [-0.2, 0) is 22.5 Å². The minimum absolute atomic E-state index is 0.160. The molecule has 0 bridgehead atoms. The number of para-hydroxylation sites is 1. The Labute approximate surface area is 214 Å². The molecule has 4 heteroatoms. The molecule has 2 aromatic rings. The first kappa shape index (κ1) is 28.9. The lowest BCUT2D eigenvalue weighted by atomic mass is 10.0. The van der Waals surface area contributed by atoms with E-state index in [-0.39, 0.29) is 18.7 Å². The zero-order valence-electron chi connectivity index (χ0n) is 22.6. The van der Waals surface area contributed by atoms with Crippen molar-refractivity contribution in [2.75, 3.05) is 27.2 Å².